The van der Waals surface area contributed by atoms with Crippen molar-refractivity contribution in [2.45, 2.75) is 16.7 Å². The number of hydrogen-bond donors (Lipinski definition) is 2. The summed E-state index contributed by atoms with van der Waals surface area (Å²) in [6.45, 7) is 1.45. The second kappa shape index (κ2) is 6.79. The van der Waals surface area contributed by atoms with E-state index in [1.54, 1.807) is 0 Å². The first-order valence-corrected chi connectivity index (χ1v) is 10.5. The van der Waals surface area contributed by atoms with Crippen LogP contribution in [0, 0.1) is 0 Å². The smallest absolute Gasteiger partial charge is 0.264 e. The van der Waals surface area contributed by atoms with E-state index in [9.17, 15) is 21.9 Å². The van der Waals surface area contributed by atoms with Gasteiger partial charge in [0, 0.05) is 0 Å². The summed E-state index contributed by atoms with van der Waals surface area (Å²) >= 11 is 11.8. The van der Waals surface area contributed by atoms with Gasteiger partial charge in [-0.05, 0) is 30.3 Å². The summed E-state index contributed by atoms with van der Waals surface area (Å²) in [5.74, 6) is -0.600. The summed E-state index contributed by atoms with van der Waals surface area (Å²) in [7, 11) is -7.81. The Kier molecular flexibility index (Phi) is 5.34. The second-order valence-corrected chi connectivity index (χ2v) is 9.45. The maximum atomic E-state index is 12.5. The highest BCUT2D eigenvalue weighted by Crippen LogP contribution is 2.33. The van der Waals surface area contributed by atoms with E-state index in [1.807, 2.05) is 0 Å². The van der Waals surface area contributed by atoms with Crippen molar-refractivity contribution in [3.05, 3.63) is 46.4 Å². The van der Waals surface area contributed by atoms with Crippen molar-refractivity contribution >= 4 is 48.7 Å². The molecule has 2 N–H and O–H groups in total. The lowest BCUT2D eigenvalue weighted by Gasteiger charge is -2.13. The topological polar surface area (TPSA) is 101 Å². The lowest BCUT2D eigenvalue weighted by molar-refractivity contribution is 0.477. The molecule has 0 atom stereocenters. The highest BCUT2D eigenvalue weighted by atomic mass is 35.5. The number of phenolic OH excluding ortho intramolecular Hbond substituents is 1. The summed E-state index contributed by atoms with van der Waals surface area (Å²) in [5, 5.41) is 9.62. The van der Waals surface area contributed by atoms with E-state index < -0.39 is 25.6 Å². The number of hydrogen-bond acceptors (Lipinski definition) is 5. The molecule has 2 aromatic carbocycles. The van der Waals surface area contributed by atoms with Gasteiger partial charge in [-0.1, -0.05) is 36.2 Å². The minimum Gasteiger partial charge on any atom is -0.506 e. The third-order valence-corrected chi connectivity index (χ3v) is 7.19. The Morgan fingerprint density at radius 1 is 1.04 bits per heavy atom. The normalized spacial score (nSPS) is 12.1. The van der Waals surface area contributed by atoms with Crippen molar-refractivity contribution in [1.82, 2.24) is 0 Å². The van der Waals surface area contributed by atoms with Crippen LogP contribution in [0.2, 0.25) is 10.0 Å². The van der Waals surface area contributed by atoms with E-state index in [1.165, 1.54) is 31.2 Å². The maximum Gasteiger partial charge on any atom is 0.264 e. The molecule has 2 rings (SSSR count). The highest BCUT2D eigenvalue weighted by Gasteiger charge is 2.24. The quantitative estimate of drug-likeness (QED) is 0.737. The van der Waals surface area contributed by atoms with Crippen LogP contribution in [-0.4, -0.2) is 27.7 Å². The molecule has 0 aliphatic carbocycles. The number of sulfone groups is 1. The van der Waals surface area contributed by atoms with Gasteiger partial charge in [0.2, 0.25) is 0 Å². The molecule has 10 heteroatoms. The predicted molar refractivity (Wildman–Crippen MR) is 93.1 cm³/mol. The molecule has 130 valence electrons. The number of rotatable bonds is 5. The van der Waals surface area contributed by atoms with Gasteiger partial charge >= 0.3 is 0 Å². The van der Waals surface area contributed by atoms with Crippen LogP contribution in [0.25, 0.3) is 0 Å². The van der Waals surface area contributed by atoms with E-state index in [0.717, 1.165) is 12.1 Å². The summed E-state index contributed by atoms with van der Waals surface area (Å²) in [4.78, 5) is -0.484. The average molecular weight is 410 g/mol. The third-order valence-electron chi connectivity index (χ3n) is 3.14. The lowest BCUT2D eigenvalue weighted by Crippen LogP contribution is -2.15. The fourth-order valence-corrected chi connectivity index (χ4v) is 5.01. The fourth-order valence-electron chi connectivity index (χ4n) is 1.89. The number of benzene rings is 2. The molecule has 0 saturated carbocycles. The number of nitrogens with one attached hydrogen (secondary N) is 1. The molecule has 0 radical (unpaired) electrons. The third kappa shape index (κ3) is 3.77. The van der Waals surface area contributed by atoms with Crippen LogP contribution >= 0.6 is 23.2 Å². The molecule has 0 aliphatic heterocycles. The second-order valence-electron chi connectivity index (χ2n) is 4.74. The molecule has 0 fully saturated rings. The van der Waals surface area contributed by atoms with Gasteiger partial charge in [-0.3, -0.25) is 4.72 Å². The van der Waals surface area contributed by atoms with E-state index in [2.05, 4.69) is 4.72 Å². The zero-order valence-corrected chi connectivity index (χ0v) is 15.5. The van der Waals surface area contributed by atoms with Gasteiger partial charge in [0.05, 0.1) is 26.4 Å². The van der Waals surface area contributed by atoms with Crippen molar-refractivity contribution in [2.75, 3.05) is 10.5 Å². The number of halogens is 2. The van der Waals surface area contributed by atoms with Crippen LogP contribution < -0.4 is 4.72 Å². The molecule has 24 heavy (non-hydrogen) atoms. The predicted octanol–water partition coefficient (Wildman–Crippen LogP) is 3.29. The Bertz CT molecular complexity index is 968. The van der Waals surface area contributed by atoms with Crippen molar-refractivity contribution in [1.29, 1.82) is 0 Å². The maximum absolute atomic E-state index is 12.5. The number of sulfonamides is 1. The van der Waals surface area contributed by atoms with Crippen molar-refractivity contribution in [3.8, 4) is 5.75 Å². The molecule has 0 aliphatic rings. The van der Waals surface area contributed by atoms with Gasteiger partial charge in [0.25, 0.3) is 10.0 Å². The molecule has 0 aromatic heterocycles. The Balaban J connectivity index is 2.53. The van der Waals surface area contributed by atoms with Gasteiger partial charge in [0.1, 0.15) is 10.6 Å². The highest BCUT2D eigenvalue weighted by molar-refractivity contribution is 7.93. The zero-order chi connectivity index (χ0) is 18.1. The number of anilines is 1. The molecule has 6 nitrogen and oxygen atoms in total. The van der Waals surface area contributed by atoms with Crippen molar-refractivity contribution in [3.63, 3.8) is 0 Å². The van der Waals surface area contributed by atoms with Crippen LogP contribution in [0.1, 0.15) is 6.92 Å². The molecule has 2 aromatic rings. The molecule has 0 unspecified atom stereocenters. The molecule has 0 saturated heterocycles. The summed E-state index contributed by atoms with van der Waals surface area (Å²) < 4.78 is 50.9. The molecule has 0 bridgehead atoms. The number of aromatic hydroxyl groups is 1. The Morgan fingerprint density at radius 3 is 2.17 bits per heavy atom. The standard InChI is InChI=1S/C14H13Cl2NO5S2/c1-2-23(19,20)9-6-7-13(18)12(8-9)17-24(21,22)14-10(15)4-3-5-11(14)16/h3-8,17-18H,2H2,1H3. The van der Waals surface area contributed by atoms with Gasteiger partial charge in [-0.2, -0.15) is 0 Å². The molecule has 0 spiro atoms. The minimum atomic E-state index is -4.23. The van der Waals surface area contributed by atoms with Gasteiger partial charge in [-0.25, -0.2) is 16.8 Å². The van der Waals surface area contributed by atoms with Gasteiger partial charge < -0.3 is 5.11 Å². The van der Waals surface area contributed by atoms with Crippen LogP contribution in [0.5, 0.6) is 5.75 Å². The molecule has 0 heterocycles. The summed E-state index contributed by atoms with van der Waals surface area (Å²) in [6.07, 6.45) is 0. The van der Waals surface area contributed by atoms with Crippen LogP contribution in [0.15, 0.2) is 46.2 Å². The molecule has 0 amide bonds. The minimum absolute atomic E-state index is 0.105. The summed E-state index contributed by atoms with van der Waals surface area (Å²) in [6, 6.07) is 7.49. The van der Waals surface area contributed by atoms with E-state index in [4.69, 9.17) is 23.2 Å². The number of phenols is 1. The molecular weight excluding hydrogens is 397 g/mol. The SMILES string of the molecule is CCS(=O)(=O)c1ccc(O)c(NS(=O)(=O)c2c(Cl)cccc2Cl)c1. The first-order valence-electron chi connectivity index (χ1n) is 6.61. The monoisotopic (exact) mass is 409 g/mol. The Hall–Kier alpha value is -1.48. The van der Waals surface area contributed by atoms with Crippen LogP contribution in [0.4, 0.5) is 5.69 Å². The van der Waals surface area contributed by atoms with E-state index >= 15 is 0 Å². The zero-order valence-electron chi connectivity index (χ0n) is 12.3. The lowest BCUT2D eigenvalue weighted by atomic mass is 10.3. The largest absolute Gasteiger partial charge is 0.506 e. The first-order chi connectivity index (χ1) is 11.1. The van der Waals surface area contributed by atoms with Crippen molar-refractivity contribution < 1.29 is 21.9 Å². The van der Waals surface area contributed by atoms with E-state index in [-0.39, 0.29) is 31.3 Å². The Morgan fingerprint density at radius 2 is 1.62 bits per heavy atom. The van der Waals surface area contributed by atoms with Crippen LogP contribution in [-0.2, 0) is 19.9 Å². The van der Waals surface area contributed by atoms with E-state index in [0.29, 0.717) is 0 Å². The summed E-state index contributed by atoms with van der Waals surface area (Å²) in [5.41, 5.74) is -0.291. The average Bonchev–Trinajstić information content (AvgIpc) is 2.48. The van der Waals surface area contributed by atoms with Gasteiger partial charge in [0.15, 0.2) is 9.84 Å². The van der Waals surface area contributed by atoms with Gasteiger partial charge in [-0.15, -0.1) is 0 Å². The molecular formula is C14H13Cl2NO5S2. The first kappa shape index (κ1) is 18.9. The van der Waals surface area contributed by atoms with Crippen molar-refractivity contribution in [2.24, 2.45) is 0 Å². The Labute approximate surface area is 150 Å². The van der Waals surface area contributed by atoms with Crippen LogP contribution in [0.3, 0.4) is 0 Å². The fraction of sp³-hybridized carbons (Fsp3) is 0.143.